The zero-order chi connectivity index (χ0) is 12.5. The Kier molecular flexibility index (Phi) is 3.61. The number of hydrogen-bond donors (Lipinski definition) is 1. The van der Waals surface area contributed by atoms with E-state index in [1.165, 1.54) is 0 Å². The molecule has 2 fully saturated rings. The molecule has 7 heteroatoms. The Bertz CT molecular complexity index is 404. The molecular weight excluding hydrogens is 260 g/mol. The van der Waals surface area contributed by atoms with Crippen LogP contribution in [0.2, 0.25) is 0 Å². The molecule has 0 bridgehead atoms. The van der Waals surface area contributed by atoms with Gasteiger partial charge in [0.05, 0.1) is 30.3 Å². The highest BCUT2D eigenvalue weighted by Crippen LogP contribution is 2.23. The van der Waals surface area contributed by atoms with Gasteiger partial charge in [-0.15, -0.1) is 0 Å². The molecule has 2 heterocycles. The molecule has 2 aliphatic heterocycles. The predicted molar refractivity (Wildman–Crippen MR) is 69.8 cm³/mol. The standard InChI is InChI=1S/C10H18N2O3S2/c1-10(2-7-17(13,14)8-10)11-9(16)12-3-5-15-6-4-12/h2-8H2,1H3,(H,11,16)/t10-/m1/s1. The van der Waals surface area contributed by atoms with Crippen LogP contribution in [0.4, 0.5) is 0 Å². The van der Waals surface area contributed by atoms with Crippen molar-refractivity contribution < 1.29 is 13.2 Å². The Morgan fingerprint density at radius 3 is 2.59 bits per heavy atom. The molecule has 0 spiro atoms. The number of ether oxygens (including phenoxy) is 1. The van der Waals surface area contributed by atoms with Gasteiger partial charge in [0.2, 0.25) is 0 Å². The van der Waals surface area contributed by atoms with E-state index < -0.39 is 15.4 Å². The van der Waals surface area contributed by atoms with E-state index in [1.54, 1.807) is 0 Å². The summed E-state index contributed by atoms with van der Waals surface area (Å²) in [5.74, 6) is 0.423. The van der Waals surface area contributed by atoms with Gasteiger partial charge >= 0.3 is 0 Å². The van der Waals surface area contributed by atoms with E-state index >= 15 is 0 Å². The molecule has 0 amide bonds. The molecule has 0 aromatic rings. The van der Waals surface area contributed by atoms with E-state index in [9.17, 15) is 8.42 Å². The zero-order valence-corrected chi connectivity index (χ0v) is 11.6. The first-order chi connectivity index (χ1) is 7.90. The van der Waals surface area contributed by atoms with Gasteiger partial charge in [0.1, 0.15) is 0 Å². The lowest BCUT2D eigenvalue weighted by Crippen LogP contribution is -2.54. The van der Waals surface area contributed by atoms with Gasteiger partial charge in [-0.05, 0) is 25.6 Å². The fourth-order valence-corrected chi connectivity index (χ4v) is 4.73. The van der Waals surface area contributed by atoms with E-state index in [-0.39, 0.29) is 11.5 Å². The smallest absolute Gasteiger partial charge is 0.169 e. The normalized spacial score (nSPS) is 32.4. The highest BCUT2D eigenvalue weighted by molar-refractivity contribution is 7.91. The summed E-state index contributed by atoms with van der Waals surface area (Å²) in [6.45, 7) is 4.82. The highest BCUT2D eigenvalue weighted by Gasteiger charge is 2.39. The number of thiocarbonyl (C=S) groups is 1. The second kappa shape index (κ2) is 4.70. The minimum atomic E-state index is -2.90. The van der Waals surface area contributed by atoms with Crippen LogP contribution in [-0.2, 0) is 14.6 Å². The van der Waals surface area contributed by atoms with Crippen LogP contribution in [-0.4, -0.2) is 61.8 Å². The van der Waals surface area contributed by atoms with Crippen LogP contribution < -0.4 is 5.32 Å². The molecular formula is C10H18N2O3S2. The summed E-state index contributed by atoms with van der Waals surface area (Å²) in [6, 6.07) is 0. The monoisotopic (exact) mass is 278 g/mol. The van der Waals surface area contributed by atoms with Gasteiger partial charge in [0, 0.05) is 13.1 Å². The second-order valence-electron chi connectivity index (χ2n) is 4.93. The van der Waals surface area contributed by atoms with Crippen molar-refractivity contribution in [3.8, 4) is 0 Å². The molecule has 1 atom stereocenters. The topological polar surface area (TPSA) is 58.6 Å². The lowest BCUT2D eigenvalue weighted by atomic mass is 10.0. The summed E-state index contributed by atoms with van der Waals surface area (Å²) in [6.07, 6.45) is 0.625. The van der Waals surface area contributed by atoms with Crippen molar-refractivity contribution in [2.24, 2.45) is 0 Å². The van der Waals surface area contributed by atoms with Gasteiger partial charge < -0.3 is 15.0 Å². The van der Waals surface area contributed by atoms with E-state index in [4.69, 9.17) is 17.0 Å². The molecule has 0 aromatic carbocycles. The summed E-state index contributed by atoms with van der Waals surface area (Å²) in [5.41, 5.74) is -0.409. The van der Waals surface area contributed by atoms with E-state index in [1.807, 2.05) is 11.8 Å². The van der Waals surface area contributed by atoms with Gasteiger partial charge in [-0.1, -0.05) is 0 Å². The summed E-state index contributed by atoms with van der Waals surface area (Å²) in [7, 11) is -2.90. The lowest BCUT2D eigenvalue weighted by Gasteiger charge is -2.34. The Labute approximate surface area is 107 Å². The molecule has 0 aromatic heterocycles. The number of nitrogens with zero attached hydrogens (tertiary/aromatic N) is 1. The van der Waals surface area contributed by atoms with Gasteiger partial charge in [0.25, 0.3) is 0 Å². The molecule has 2 aliphatic rings. The lowest BCUT2D eigenvalue weighted by molar-refractivity contribution is 0.0670. The molecule has 0 aliphatic carbocycles. The molecule has 5 nitrogen and oxygen atoms in total. The average Bonchev–Trinajstić information content (AvgIpc) is 2.54. The number of morpholine rings is 1. The number of rotatable bonds is 1. The maximum atomic E-state index is 11.5. The van der Waals surface area contributed by atoms with Crippen molar-refractivity contribution in [3.63, 3.8) is 0 Å². The molecule has 17 heavy (non-hydrogen) atoms. The third-order valence-corrected chi connectivity index (χ3v) is 5.47. The van der Waals surface area contributed by atoms with Crippen LogP contribution in [0, 0.1) is 0 Å². The molecule has 2 rings (SSSR count). The summed E-state index contributed by atoms with van der Waals surface area (Å²) < 4.78 is 28.2. The van der Waals surface area contributed by atoms with Crippen molar-refractivity contribution >= 4 is 27.2 Å². The molecule has 0 radical (unpaired) electrons. The van der Waals surface area contributed by atoms with Crippen molar-refractivity contribution in [2.75, 3.05) is 37.8 Å². The van der Waals surface area contributed by atoms with Crippen LogP contribution in [0.1, 0.15) is 13.3 Å². The van der Waals surface area contributed by atoms with E-state index in [0.717, 1.165) is 13.1 Å². The molecule has 98 valence electrons. The predicted octanol–water partition coefficient (Wildman–Crippen LogP) is -0.230. The van der Waals surface area contributed by atoms with Crippen LogP contribution in [0.5, 0.6) is 0 Å². The number of nitrogens with one attached hydrogen (secondary N) is 1. The second-order valence-corrected chi connectivity index (χ2v) is 7.50. The van der Waals surface area contributed by atoms with Gasteiger partial charge in [-0.2, -0.15) is 0 Å². The minimum absolute atomic E-state index is 0.171. The maximum Gasteiger partial charge on any atom is 0.169 e. The fraction of sp³-hybridized carbons (Fsp3) is 0.900. The zero-order valence-electron chi connectivity index (χ0n) is 9.94. The van der Waals surface area contributed by atoms with Gasteiger partial charge in [-0.25, -0.2) is 8.42 Å². The van der Waals surface area contributed by atoms with Gasteiger partial charge in [0.15, 0.2) is 14.9 Å². The van der Waals surface area contributed by atoms with E-state index in [0.29, 0.717) is 24.7 Å². The summed E-state index contributed by atoms with van der Waals surface area (Å²) in [4.78, 5) is 2.04. The number of sulfone groups is 1. The van der Waals surface area contributed by atoms with Crippen LogP contribution >= 0.6 is 12.2 Å². The first-order valence-electron chi connectivity index (χ1n) is 5.76. The maximum absolute atomic E-state index is 11.5. The van der Waals surface area contributed by atoms with E-state index in [2.05, 4.69) is 5.32 Å². The Morgan fingerprint density at radius 2 is 2.06 bits per heavy atom. The van der Waals surface area contributed by atoms with Crippen molar-refractivity contribution in [2.45, 2.75) is 18.9 Å². The third kappa shape index (κ3) is 3.29. The van der Waals surface area contributed by atoms with Crippen molar-refractivity contribution in [1.82, 2.24) is 10.2 Å². The summed E-state index contributed by atoms with van der Waals surface area (Å²) in [5, 5.41) is 3.85. The SMILES string of the molecule is C[C@@]1(NC(=S)N2CCOCC2)CCS(=O)(=O)C1. The Morgan fingerprint density at radius 1 is 1.41 bits per heavy atom. The third-order valence-electron chi connectivity index (χ3n) is 3.21. The first-order valence-corrected chi connectivity index (χ1v) is 7.98. The molecule has 2 saturated heterocycles. The minimum Gasteiger partial charge on any atom is -0.378 e. The molecule has 0 unspecified atom stereocenters. The van der Waals surface area contributed by atoms with Crippen LogP contribution in [0.15, 0.2) is 0 Å². The van der Waals surface area contributed by atoms with Crippen molar-refractivity contribution in [3.05, 3.63) is 0 Å². The summed E-state index contributed by atoms with van der Waals surface area (Å²) >= 11 is 5.32. The Balaban J connectivity index is 1.94. The molecule has 1 N–H and O–H groups in total. The quantitative estimate of drug-likeness (QED) is 0.669. The highest BCUT2D eigenvalue weighted by atomic mass is 32.2. The van der Waals surface area contributed by atoms with Crippen LogP contribution in [0.3, 0.4) is 0 Å². The number of hydrogen-bond acceptors (Lipinski definition) is 4. The Hall–Kier alpha value is -0.400. The van der Waals surface area contributed by atoms with Crippen LogP contribution in [0.25, 0.3) is 0 Å². The molecule has 0 saturated carbocycles. The van der Waals surface area contributed by atoms with Gasteiger partial charge in [-0.3, -0.25) is 0 Å². The fourth-order valence-electron chi connectivity index (χ4n) is 2.21. The largest absolute Gasteiger partial charge is 0.378 e. The average molecular weight is 278 g/mol. The first kappa shape index (κ1) is 13.0. The van der Waals surface area contributed by atoms with Crippen molar-refractivity contribution in [1.29, 1.82) is 0 Å².